The van der Waals surface area contributed by atoms with E-state index in [9.17, 15) is 15.0 Å². The van der Waals surface area contributed by atoms with Crippen molar-refractivity contribution in [3.8, 4) is 5.69 Å². The molecule has 1 fully saturated rings. The molecule has 0 amide bonds. The van der Waals surface area contributed by atoms with Crippen LogP contribution in [-0.4, -0.2) is 61.6 Å². The van der Waals surface area contributed by atoms with E-state index in [2.05, 4.69) is 49.5 Å². The number of nitrogens with zero attached hydrogens (tertiary/aromatic N) is 3. The van der Waals surface area contributed by atoms with Gasteiger partial charge in [-0.05, 0) is 53.8 Å². The van der Waals surface area contributed by atoms with Crippen molar-refractivity contribution in [1.29, 1.82) is 0 Å². The lowest BCUT2D eigenvalue weighted by Gasteiger charge is -2.34. The number of Topliss-reactive ketones (excluding diaryl/α,β-unsaturated/α-hetero) is 1. The first-order valence-electron chi connectivity index (χ1n) is 12.6. The summed E-state index contributed by atoms with van der Waals surface area (Å²) in [7, 11) is 0. The number of aromatic nitrogens is 4. The van der Waals surface area contributed by atoms with Crippen molar-refractivity contribution in [1.82, 2.24) is 19.9 Å². The molecule has 0 spiro atoms. The summed E-state index contributed by atoms with van der Waals surface area (Å²) in [5.74, 6) is 1.01. The predicted octanol–water partition coefficient (Wildman–Crippen LogP) is 2.64. The van der Waals surface area contributed by atoms with Crippen LogP contribution in [0, 0.1) is 12.8 Å². The Morgan fingerprint density at radius 3 is 2.81 bits per heavy atom. The number of piperidine rings is 1. The predicted molar refractivity (Wildman–Crippen MR) is 137 cm³/mol. The van der Waals surface area contributed by atoms with Crippen LogP contribution in [0.25, 0.3) is 16.7 Å². The molecule has 4 aromatic rings. The molecule has 2 aromatic carbocycles. The number of nitrogens with one attached hydrogen (secondary N) is 2. The molecule has 1 saturated heterocycles. The minimum absolute atomic E-state index is 0.0277. The molecule has 0 saturated carbocycles. The van der Waals surface area contributed by atoms with Crippen LogP contribution in [-0.2, 0) is 19.4 Å². The summed E-state index contributed by atoms with van der Waals surface area (Å²) in [4.78, 5) is 26.6. The highest BCUT2D eigenvalue weighted by atomic mass is 16.3. The van der Waals surface area contributed by atoms with E-state index in [0.29, 0.717) is 24.2 Å². The standard InChI is InChI=1S/C28H33N5O3/c1-18-14-32(7-5-26(18)35)16-21-9-20(10-23(11-21)33-15-19(2)29-17-33)12-27(36)22-3-4-24-25(13-22)31-28(30-24)6-8-34/h3-4,9-11,13,15,17-18,26,34-35H,5-8,12,14,16H2,1-2H3,(H,30,31,36)/p+1. The number of benzene rings is 2. The van der Waals surface area contributed by atoms with Gasteiger partial charge in [0.25, 0.3) is 0 Å². The number of aliphatic hydroxyl groups excluding tert-OH is 2. The second-order valence-corrected chi connectivity index (χ2v) is 10.1. The molecule has 3 heterocycles. The minimum atomic E-state index is -0.230. The van der Waals surface area contributed by atoms with Gasteiger partial charge in [0.2, 0.25) is 6.33 Å². The Balaban J connectivity index is 1.40. The Kier molecular flexibility index (Phi) is 7.00. The molecular formula is C28H34N5O3+. The van der Waals surface area contributed by atoms with Crippen LogP contribution in [0.1, 0.15) is 46.3 Å². The first-order chi connectivity index (χ1) is 17.4. The van der Waals surface area contributed by atoms with Gasteiger partial charge in [-0.1, -0.05) is 13.0 Å². The number of carbonyl (C=O) groups excluding carboxylic acids is 1. The van der Waals surface area contributed by atoms with E-state index >= 15 is 0 Å². The van der Waals surface area contributed by atoms with E-state index in [4.69, 9.17) is 0 Å². The molecule has 1 aliphatic heterocycles. The number of hydrogen-bond acceptors (Lipinski definition) is 5. The average Bonchev–Trinajstić information content (AvgIpc) is 3.46. The molecule has 2 atom stereocenters. The van der Waals surface area contributed by atoms with Crippen LogP contribution >= 0.6 is 0 Å². The Labute approximate surface area is 210 Å². The fourth-order valence-electron chi connectivity index (χ4n) is 5.06. The first-order valence-corrected chi connectivity index (χ1v) is 12.6. The third-order valence-corrected chi connectivity index (χ3v) is 7.02. The van der Waals surface area contributed by atoms with Gasteiger partial charge >= 0.3 is 0 Å². The zero-order valence-electron chi connectivity index (χ0n) is 20.9. The summed E-state index contributed by atoms with van der Waals surface area (Å²) in [6.45, 7) is 6.65. The van der Waals surface area contributed by atoms with E-state index in [1.165, 1.54) is 0 Å². The fraction of sp³-hybridized carbons (Fsp3) is 0.393. The molecule has 1 aliphatic rings. The maximum atomic E-state index is 13.3. The average molecular weight is 489 g/mol. The number of aromatic amines is 2. The molecular weight excluding hydrogens is 454 g/mol. The van der Waals surface area contributed by atoms with Gasteiger partial charge in [-0.3, -0.25) is 9.69 Å². The van der Waals surface area contributed by atoms with Crippen molar-refractivity contribution < 1.29 is 19.6 Å². The van der Waals surface area contributed by atoms with Crippen molar-refractivity contribution in [3.63, 3.8) is 0 Å². The molecule has 4 N–H and O–H groups in total. The largest absolute Gasteiger partial charge is 0.396 e. The Hall–Kier alpha value is -3.33. The number of ketones is 1. The van der Waals surface area contributed by atoms with Gasteiger partial charge in [0, 0.05) is 45.0 Å². The zero-order valence-corrected chi connectivity index (χ0v) is 20.9. The SMILES string of the molecule is Cc1c[n+](-c2cc(CC(=O)c3ccc4nc(CCO)[nH]c4c3)cc(CN3CCC(O)C(C)C3)c2)c[nH]1. The van der Waals surface area contributed by atoms with Crippen LogP contribution in [0.2, 0.25) is 0 Å². The monoisotopic (exact) mass is 488 g/mol. The third kappa shape index (κ3) is 5.41. The smallest absolute Gasteiger partial charge is 0.246 e. The van der Waals surface area contributed by atoms with Crippen molar-refractivity contribution >= 4 is 16.8 Å². The Morgan fingerprint density at radius 1 is 1.22 bits per heavy atom. The Morgan fingerprint density at radius 2 is 2.06 bits per heavy atom. The number of fused-ring (bicyclic) bond motifs is 1. The summed E-state index contributed by atoms with van der Waals surface area (Å²) < 4.78 is 2.05. The molecule has 8 heteroatoms. The number of imidazole rings is 2. The lowest BCUT2D eigenvalue weighted by atomic mass is 9.95. The molecule has 0 bridgehead atoms. The number of likely N-dealkylation sites (tertiary alicyclic amines) is 1. The zero-order chi connectivity index (χ0) is 25.2. The number of H-pyrrole nitrogens is 2. The second-order valence-electron chi connectivity index (χ2n) is 10.1. The van der Waals surface area contributed by atoms with Crippen LogP contribution in [0.4, 0.5) is 0 Å². The molecule has 0 aliphatic carbocycles. The van der Waals surface area contributed by atoms with Crippen LogP contribution in [0.15, 0.2) is 48.9 Å². The van der Waals surface area contributed by atoms with Gasteiger partial charge in [-0.15, -0.1) is 0 Å². The van der Waals surface area contributed by atoms with E-state index < -0.39 is 0 Å². The first kappa shape index (κ1) is 24.4. The summed E-state index contributed by atoms with van der Waals surface area (Å²) in [5.41, 5.74) is 6.43. The molecule has 36 heavy (non-hydrogen) atoms. The van der Waals surface area contributed by atoms with Gasteiger partial charge in [0.05, 0.1) is 23.7 Å². The molecule has 8 nitrogen and oxygen atoms in total. The maximum Gasteiger partial charge on any atom is 0.246 e. The highest BCUT2D eigenvalue weighted by Crippen LogP contribution is 2.22. The van der Waals surface area contributed by atoms with Crippen molar-refractivity contribution in [2.75, 3.05) is 19.7 Å². The topological polar surface area (TPSA) is 109 Å². The fourth-order valence-corrected chi connectivity index (χ4v) is 5.06. The number of rotatable bonds is 8. The molecule has 5 rings (SSSR count). The van der Waals surface area contributed by atoms with Gasteiger partial charge < -0.3 is 15.2 Å². The number of aryl methyl sites for hydroxylation is 1. The van der Waals surface area contributed by atoms with Gasteiger partial charge in [0.1, 0.15) is 23.4 Å². The minimum Gasteiger partial charge on any atom is -0.396 e. The molecule has 188 valence electrons. The van der Waals surface area contributed by atoms with Crippen LogP contribution < -0.4 is 4.57 Å². The Bertz CT molecular complexity index is 1370. The molecule has 0 radical (unpaired) electrons. The maximum absolute atomic E-state index is 13.3. The van der Waals surface area contributed by atoms with Crippen molar-refractivity contribution in [2.24, 2.45) is 5.92 Å². The van der Waals surface area contributed by atoms with E-state index in [1.54, 1.807) is 0 Å². The second kappa shape index (κ2) is 10.3. The highest BCUT2D eigenvalue weighted by molar-refractivity contribution is 6.00. The van der Waals surface area contributed by atoms with Crippen LogP contribution in [0.5, 0.6) is 0 Å². The lowest BCUT2D eigenvalue weighted by Crippen LogP contribution is -2.41. The lowest BCUT2D eigenvalue weighted by molar-refractivity contribution is -0.594. The van der Waals surface area contributed by atoms with Gasteiger partial charge in [0.15, 0.2) is 5.78 Å². The summed E-state index contributed by atoms with van der Waals surface area (Å²) >= 11 is 0. The van der Waals surface area contributed by atoms with Gasteiger partial charge in [-0.2, -0.15) is 0 Å². The van der Waals surface area contributed by atoms with E-state index in [1.807, 2.05) is 37.6 Å². The van der Waals surface area contributed by atoms with Crippen molar-refractivity contribution in [3.05, 3.63) is 77.1 Å². The van der Waals surface area contributed by atoms with Crippen LogP contribution in [0.3, 0.4) is 0 Å². The third-order valence-electron chi connectivity index (χ3n) is 7.02. The summed E-state index contributed by atoms with van der Waals surface area (Å²) in [6.07, 6.45) is 5.27. The molecule has 2 unspecified atom stereocenters. The normalized spacial score (nSPS) is 18.7. The van der Waals surface area contributed by atoms with Crippen molar-refractivity contribution in [2.45, 2.75) is 45.8 Å². The number of hydrogen-bond donors (Lipinski definition) is 4. The highest BCUT2D eigenvalue weighted by Gasteiger charge is 2.24. The van der Waals surface area contributed by atoms with Gasteiger partial charge in [-0.25, -0.2) is 14.5 Å². The number of aliphatic hydroxyl groups is 2. The number of carbonyl (C=O) groups is 1. The summed E-state index contributed by atoms with van der Waals surface area (Å²) in [5, 5.41) is 19.3. The summed E-state index contributed by atoms with van der Waals surface area (Å²) in [6, 6.07) is 11.9. The molecule has 2 aromatic heterocycles. The quantitative estimate of drug-likeness (QED) is 0.225. The van der Waals surface area contributed by atoms with E-state index in [0.717, 1.165) is 59.6 Å². The van der Waals surface area contributed by atoms with E-state index in [-0.39, 0.29) is 24.4 Å².